The molecule has 0 spiro atoms. The number of carbonyl (C=O) groups excluding carboxylic acids is 1. The molecule has 4 aliphatic rings. The van der Waals surface area contributed by atoms with Crippen molar-refractivity contribution in [1.29, 1.82) is 0 Å². The smallest absolute Gasteiger partial charge is 0.329 e. The van der Waals surface area contributed by atoms with E-state index in [1.54, 1.807) is 5.57 Å². The van der Waals surface area contributed by atoms with Gasteiger partial charge in [0.05, 0.1) is 16.6 Å². The van der Waals surface area contributed by atoms with Gasteiger partial charge in [-0.15, -0.1) is 4.36 Å². The van der Waals surface area contributed by atoms with E-state index in [1.165, 1.54) is 62.5 Å². The lowest BCUT2D eigenvalue weighted by molar-refractivity contribution is 0.233. The molecule has 0 heterocycles. The lowest BCUT2D eigenvalue weighted by Crippen LogP contribution is -2.44. The van der Waals surface area contributed by atoms with Crippen LogP contribution >= 0.6 is 0 Å². The van der Waals surface area contributed by atoms with E-state index in [-0.39, 0.29) is 6.04 Å². The molecule has 5 nitrogen and oxygen atoms in total. The SMILES string of the molecule is CN(Cc1ccc(/[SH](=O)=N/C(=O)NC2C3=C(CCC3)CC3CCCC32)cc1)CC1CC1. The van der Waals surface area contributed by atoms with Crippen LogP contribution in [0.25, 0.3) is 0 Å². The number of thiol groups is 1. The van der Waals surface area contributed by atoms with Crippen LogP contribution in [0, 0.1) is 17.8 Å². The molecule has 4 unspecified atom stereocenters. The number of nitrogens with zero attached hydrogens (tertiary/aromatic N) is 2. The Labute approximate surface area is 187 Å². The van der Waals surface area contributed by atoms with Gasteiger partial charge in [0, 0.05) is 18.0 Å². The zero-order chi connectivity index (χ0) is 21.4. The first-order valence-electron chi connectivity index (χ1n) is 12.0. The minimum absolute atomic E-state index is 0.114. The normalized spacial score (nSPS) is 28.6. The van der Waals surface area contributed by atoms with Crippen molar-refractivity contribution in [2.45, 2.75) is 75.3 Å². The summed E-state index contributed by atoms with van der Waals surface area (Å²) in [6, 6.07) is 7.45. The van der Waals surface area contributed by atoms with Gasteiger partial charge in [-0.2, -0.15) is 0 Å². The maximum atomic E-state index is 12.7. The van der Waals surface area contributed by atoms with Crippen LogP contribution in [-0.2, 0) is 17.1 Å². The molecule has 4 aliphatic carbocycles. The number of hydrogen-bond donors (Lipinski definition) is 2. The zero-order valence-corrected chi connectivity index (χ0v) is 19.4. The molecule has 1 aromatic rings. The molecule has 31 heavy (non-hydrogen) atoms. The Balaban J connectivity index is 1.23. The van der Waals surface area contributed by atoms with Crippen molar-refractivity contribution in [2.75, 3.05) is 13.6 Å². The van der Waals surface area contributed by atoms with Gasteiger partial charge in [-0.25, -0.2) is 9.00 Å². The molecule has 4 atom stereocenters. The van der Waals surface area contributed by atoms with Crippen molar-refractivity contribution in [1.82, 2.24) is 10.2 Å². The predicted octanol–water partition coefficient (Wildman–Crippen LogP) is 4.93. The van der Waals surface area contributed by atoms with Gasteiger partial charge >= 0.3 is 6.03 Å². The highest BCUT2D eigenvalue weighted by Gasteiger charge is 2.42. The number of hydrogen-bond acceptors (Lipinski definition) is 3. The summed E-state index contributed by atoms with van der Waals surface area (Å²) in [4.78, 5) is 15.7. The summed E-state index contributed by atoms with van der Waals surface area (Å²) in [5.74, 6) is 2.12. The lowest BCUT2D eigenvalue weighted by atomic mass is 9.75. The number of nitrogens with one attached hydrogen (secondary N) is 1. The fourth-order valence-corrected chi connectivity index (χ4v) is 6.86. The molecule has 0 aliphatic heterocycles. The summed E-state index contributed by atoms with van der Waals surface area (Å²) in [5.41, 5.74) is 4.25. The summed E-state index contributed by atoms with van der Waals surface area (Å²) < 4.78 is 16.8. The maximum Gasteiger partial charge on any atom is 0.349 e. The fraction of sp³-hybridized carbons (Fsp3) is 0.640. The van der Waals surface area contributed by atoms with Crippen molar-refractivity contribution in [2.24, 2.45) is 22.1 Å². The third kappa shape index (κ3) is 4.90. The largest absolute Gasteiger partial charge is 0.349 e. The van der Waals surface area contributed by atoms with Gasteiger partial charge in [0.25, 0.3) is 0 Å². The zero-order valence-electron chi connectivity index (χ0n) is 18.6. The van der Waals surface area contributed by atoms with Crippen LogP contribution in [0.4, 0.5) is 4.79 Å². The van der Waals surface area contributed by atoms with Crippen LogP contribution in [0.2, 0.25) is 0 Å². The van der Waals surface area contributed by atoms with E-state index in [0.29, 0.717) is 16.7 Å². The van der Waals surface area contributed by atoms with Crippen LogP contribution in [0.15, 0.2) is 44.7 Å². The number of allylic oxidation sites excluding steroid dienone is 1. The number of carbonyl (C=O) groups is 1. The molecule has 2 fully saturated rings. The highest BCUT2D eigenvalue weighted by atomic mass is 32.2. The molecule has 2 amide bonds. The van der Waals surface area contributed by atoms with Crippen LogP contribution in [-0.4, -0.2) is 34.8 Å². The Hall–Kier alpha value is -1.66. The summed E-state index contributed by atoms with van der Waals surface area (Å²) in [5, 5.41) is 3.17. The highest BCUT2D eigenvalue weighted by molar-refractivity contribution is 7.75. The van der Waals surface area contributed by atoms with E-state index in [1.807, 2.05) is 24.3 Å². The van der Waals surface area contributed by atoms with Crippen molar-refractivity contribution in [3.63, 3.8) is 0 Å². The molecule has 6 heteroatoms. The number of fused-ring (bicyclic) bond motifs is 1. The Morgan fingerprint density at radius 1 is 1.13 bits per heavy atom. The summed E-state index contributed by atoms with van der Waals surface area (Å²) in [6.07, 6.45) is 11.2. The van der Waals surface area contributed by atoms with E-state index in [2.05, 4.69) is 21.6 Å². The molecule has 2 saturated carbocycles. The minimum Gasteiger partial charge on any atom is -0.329 e. The number of rotatable bonds is 6. The standard InChI is InChI=1S/C25H35N3O2S/c1-28(15-17-8-9-17)16-18-10-12-21(13-11-18)31(30)27-25(29)26-24-22-6-2-4-19(22)14-20-5-3-7-23(20)24/h10-13,17,19,22,24,31H,2-9,14-16H2,1H3,(H,26,29). The third-order valence-electron chi connectivity index (χ3n) is 7.75. The van der Waals surface area contributed by atoms with E-state index in [9.17, 15) is 9.00 Å². The van der Waals surface area contributed by atoms with Gasteiger partial charge in [0.15, 0.2) is 0 Å². The first-order chi connectivity index (χ1) is 15.1. The van der Waals surface area contributed by atoms with Crippen LogP contribution in [0.1, 0.15) is 63.4 Å². The van der Waals surface area contributed by atoms with Crippen molar-refractivity contribution in [3.05, 3.63) is 41.0 Å². The highest BCUT2D eigenvalue weighted by Crippen LogP contribution is 2.49. The Morgan fingerprint density at radius 2 is 1.94 bits per heavy atom. The fourth-order valence-electron chi connectivity index (χ4n) is 6.11. The first kappa shape index (κ1) is 21.2. The number of urea groups is 1. The molecular weight excluding hydrogens is 406 g/mol. The number of benzene rings is 1. The van der Waals surface area contributed by atoms with Crippen molar-refractivity contribution < 1.29 is 9.00 Å². The Bertz CT molecular complexity index is 944. The van der Waals surface area contributed by atoms with Crippen molar-refractivity contribution in [3.8, 4) is 0 Å². The van der Waals surface area contributed by atoms with E-state index < -0.39 is 16.6 Å². The summed E-state index contributed by atoms with van der Waals surface area (Å²) in [6.45, 7) is 2.04. The molecule has 0 radical (unpaired) electrons. The van der Waals surface area contributed by atoms with Gasteiger partial charge in [-0.1, -0.05) is 24.1 Å². The molecule has 0 saturated heterocycles. The minimum atomic E-state index is -2.07. The molecule has 1 N–H and O–H groups in total. The van der Waals surface area contributed by atoms with Crippen molar-refractivity contribution >= 4 is 16.6 Å². The van der Waals surface area contributed by atoms with Crippen LogP contribution in [0.3, 0.4) is 0 Å². The van der Waals surface area contributed by atoms with Crippen LogP contribution in [0.5, 0.6) is 0 Å². The molecule has 1 aromatic carbocycles. The van der Waals surface area contributed by atoms with Crippen LogP contribution < -0.4 is 5.32 Å². The van der Waals surface area contributed by atoms with E-state index in [0.717, 1.165) is 25.4 Å². The molecule has 0 aromatic heterocycles. The first-order valence-corrected chi connectivity index (χ1v) is 13.3. The molecular formula is C25H35N3O2S. The van der Waals surface area contributed by atoms with Gasteiger partial charge in [-0.05, 0) is 99.4 Å². The second-order valence-corrected chi connectivity index (χ2v) is 11.4. The predicted molar refractivity (Wildman–Crippen MR) is 124 cm³/mol. The van der Waals surface area contributed by atoms with E-state index in [4.69, 9.17) is 0 Å². The van der Waals surface area contributed by atoms with E-state index >= 15 is 0 Å². The number of amides is 2. The topological polar surface area (TPSA) is 61.8 Å². The Morgan fingerprint density at radius 3 is 2.71 bits per heavy atom. The van der Waals surface area contributed by atoms with Gasteiger partial charge in [-0.3, -0.25) is 0 Å². The Kier molecular flexibility index (Phi) is 6.20. The summed E-state index contributed by atoms with van der Waals surface area (Å²) in [7, 11) is 0.0773. The van der Waals surface area contributed by atoms with Gasteiger partial charge in [0.2, 0.25) is 0 Å². The van der Waals surface area contributed by atoms with Gasteiger partial charge in [0.1, 0.15) is 0 Å². The lowest BCUT2D eigenvalue weighted by Gasteiger charge is -2.35. The third-order valence-corrected chi connectivity index (χ3v) is 8.85. The second-order valence-electron chi connectivity index (χ2n) is 10.1. The molecule has 168 valence electrons. The second kappa shape index (κ2) is 9.07. The van der Waals surface area contributed by atoms with Gasteiger partial charge < -0.3 is 10.2 Å². The average molecular weight is 442 g/mol. The quantitative estimate of drug-likeness (QED) is 0.486. The summed E-state index contributed by atoms with van der Waals surface area (Å²) >= 11 is 0. The molecule has 0 bridgehead atoms. The monoisotopic (exact) mass is 441 g/mol. The maximum absolute atomic E-state index is 12.7. The average Bonchev–Trinajstić information content (AvgIpc) is 3.23. The molecule has 5 rings (SSSR count).